The van der Waals surface area contributed by atoms with E-state index < -0.39 is 23.7 Å². The second kappa shape index (κ2) is 8.17. The second-order valence-electron chi connectivity index (χ2n) is 7.01. The zero-order valence-corrected chi connectivity index (χ0v) is 16.5. The van der Waals surface area contributed by atoms with Gasteiger partial charge in [-0.05, 0) is 37.3 Å². The highest BCUT2D eigenvalue weighted by Gasteiger charge is 2.30. The molecule has 0 bridgehead atoms. The molecule has 0 saturated carbocycles. The molecule has 4 aromatic rings. The number of anilines is 1. The molecule has 0 aliphatic heterocycles. The molecule has 0 aliphatic rings. The summed E-state index contributed by atoms with van der Waals surface area (Å²) in [5.74, 6) is -0.918. The lowest BCUT2D eigenvalue weighted by Crippen LogP contribution is -2.26. The first-order chi connectivity index (χ1) is 15.2. The SMILES string of the molecule is CC(NC(=O)c1ccc2cn[nH]c2c1)c1cc(C(=O)Nc2cccc(C(F)(F)F)c2)no1. The molecule has 8 nitrogen and oxygen atoms in total. The van der Waals surface area contributed by atoms with Crippen molar-refractivity contribution in [2.45, 2.75) is 19.1 Å². The van der Waals surface area contributed by atoms with Crippen LogP contribution in [0.15, 0.2) is 59.3 Å². The normalized spacial score (nSPS) is 12.5. The fourth-order valence-electron chi connectivity index (χ4n) is 3.00. The van der Waals surface area contributed by atoms with Gasteiger partial charge in [0.25, 0.3) is 11.8 Å². The maximum atomic E-state index is 12.8. The Bertz CT molecular complexity index is 1300. The number of H-pyrrole nitrogens is 1. The maximum Gasteiger partial charge on any atom is 0.416 e. The second-order valence-corrected chi connectivity index (χ2v) is 7.01. The minimum Gasteiger partial charge on any atom is -0.358 e. The number of fused-ring (bicyclic) bond motifs is 1. The van der Waals surface area contributed by atoms with Crippen LogP contribution in [0.25, 0.3) is 10.9 Å². The Balaban J connectivity index is 1.42. The van der Waals surface area contributed by atoms with Crippen LogP contribution >= 0.6 is 0 Å². The summed E-state index contributed by atoms with van der Waals surface area (Å²) in [7, 11) is 0. The van der Waals surface area contributed by atoms with E-state index in [0.29, 0.717) is 11.1 Å². The van der Waals surface area contributed by atoms with Crippen molar-refractivity contribution in [2.75, 3.05) is 5.32 Å². The molecule has 0 spiro atoms. The number of carbonyl (C=O) groups is 2. The fourth-order valence-corrected chi connectivity index (χ4v) is 3.00. The topological polar surface area (TPSA) is 113 Å². The van der Waals surface area contributed by atoms with E-state index in [9.17, 15) is 22.8 Å². The Morgan fingerprint density at radius 1 is 1.09 bits per heavy atom. The van der Waals surface area contributed by atoms with Gasteiger partial charge >= 0.3 is 6.18 Å². The van der Waals surface area contributed by atoms with Crippen LogP contribution in [-0.2, 0) is 6.18 Å². The van der Waals surface area contributed by atoms with Crippen molar-refractivity contribution in [2.24, 2.45) is 0 Å². The number of hydrogen-bond donors (Lipinski definition) is 3. The van der Waals surface area contributed by atoms with Crippen LogP contribution in [0.4, 0.5) is 18.9 Å². The van der Waals surface area contributed by atoms with Crippen molar-refractivity contribution in [3.8, 4) is 0 Å². The zero-order chi connectivity index (χ0) is 22.9. The molecule has 2 aromatic heterocycles. The minimum atomic E-state index is -4.53. The van der Waals surface area contributed by atoms with Crippen LogP contribution in [0.1, 0.15) is 45.1 Å². The number of nitrogens with one attached hydrogen (secondary N) is 3. The number of alkyl halides is 3. The van der Waals surface area contributed by atoms with Crippen molar-refractivity contribution in [3.05, 3.63) is 77.3 Å². The smallest absolute Gasteiger partial charge is 0.358 e. The summed E-state index contributed by atoms with van der Waals surface area (Å²) >= 11 is 0. The number of aromatic amines is 1. The number of halogens is 3. The van der Waals surface area contributed by atoms with E-state index in [0.717, 1.165) is 17.5 Å². The number of aromatic nitrogens is 3. The largest absolute Gasteiger partial charge is 0.416 e. The lowest BCUT2D eigenvalue weighted by atomic mass is 10.1. The Labute approximate surface area is 178 Å². The van der Waals surface area contributed by atoms with Crippen LogP contribution in [-0.4, -0.2) is 27.2 Å². The van der Waals surface area contributed by atoms with Crippen molar-refractivity contribution in [3.63, 3.8) is 0 Å². The Morgan fingerprint density at radius 3 is 2.69 bits per heavy atom. The van der Waals surface area contributed by atoms with Gasteiger partial charge in [-0.15, -0.1) is 0 Å². The lowest BCUT2D eigenvalue weighted by molar-refractivity contribution is -0.137. The first kappa shape index (κ1) is 21.1. The number of amides is 2. The van der Waals surface area contributed by atoms with Gasteiger partial charge in [0, 0.05) is 22.7 Å². The van der Waals surface area contributed by atoms with Crippen LogP contribution in [0.2, 0.25) is 0 Å². The molecule has 4 rings (SSSR count). The van der Waals surface area contributed by atoms with Crippen molar-refractivity contribution in [1.82, 2.24) is 20.7 Å². The summed E-state index contributed by atoms with van der Waals surface area (Å²) in [6, 6.07) is 9.97. The predicted octanol–water partition coefficient (Wildman–Crippen LogP) is 4.31. The molecule has 2 aromatic carbocycles. The first-order valence-corrected chi connectivity index (χ1v) is 9.40. The third-order valence-corrected chi connectivity index (χ3v) is 4.69. The summed E-state index contributed by atoms with van der Waals surface area (Å²) in [6.45, 7) is 1.64. The maximum absolute atomic E-state index is 12.8. The average Bonchev–Trinajstić information content (AvgIpc) is 3.42. The highest BCUT2D eigenvalue weighted by molar-refractivity contribution is 6.03. The lowest BCUT2D eigenvalue weighted by Gasteiger charge is -2.10. The van der Waals surface area contributed by atoms with Crippen LogP contribution in [0.3, 0.4) is 0 Å². The van der Waals surface area contributed by atoms with Crippen molar-refractivity contribution in [1.29, 1.82) is 0 Å². The molecule has 0 saturated heterocycles. The minimum absolute atomic E-state index is 0.0371. The monoisotopic (exact) mass is 443 g/mol. The van der Waals surface area contributed by atoms with Gasteiger partial charge in [0.05, 0.1) is 23.3 Å². The van der Waals surface area contributed by atoms with E-state index in [2.05, 4.69) is 26.0 Å². The first-order valence-electron chi connectivity index (χ1n) is 9.40. The molecule has 1 atom stereocenters. The number of benzene rings is 2. The highest BCUT2D eigenvalue weighted by atomic mass is 19.4. The molecule has 3 N–H and O–H groups in total. The van der Waals surface area contributed by atoms with Gasteiger partial charge in [-0.3, -0.25) is 14.7 Å². The van der Waals surface area contributed by atoms with E-state index in [1.807, 2.05) is 0 Å². The number of hydrogen-bond acceptors (Lipinski definition) is 5. The van der Waals surface area contributed by atoms with Gasteiger partial charge in [-0.2, -0.15) is 18.3 Å². The van der Waals surface area contributed by atoms with E-state index >= 15 is 0 Å². The summed E-state index contributed by atoms with van der Waals surface area (Å²) < 4.78 is 43.6. The van der Waals surface area contributed by atoms with E-state index in [1.165, 1.54) is 18.2 Å². The van der Waals surface area contributed by atoms with Crippen LogP contribution in [0, 0.1) is 0 Å². The summed E-state index contributed by atoms with van der Waals surface area (Å²) in [6.07, 6.45) is -2.89. The zero-order valence-electron chi connectivity index (χ0n) is 16.5. The summed E-state index contributed by atoms with van der Waals surface area (Å²) in [4.78, 5) is 24.9. The standard InChI is InChI=1S/C21H16F3N5O3/c1-11(26-19(30)12-5-6-13-10-25-28-16(13)7-12)18-9-17(29-32-18)20(31)27-15-4-2-3-14(8-15)21(22,23)24/h2-11H,1H3,(H,25,28)(H,26,30)(H,27,31). The molecule has 32 heavy (non-hydrogen) atoms. The molecule has 164 valence electrons. The van der Waals surface area contributed by atoms with Gasteiger partial charge < -0.3 is 15.2 Å². The molecule has 0 aliphatic carbocycles. The molecular formula is C21H16F3N5O3. The number of nitrogens with zero attached hydrogens (tertiary/aromatic N) is 2. The van der Waals surface area contributed by atoms with Gasteiger partial charge in [0.2, 0.25) is 0 Å². The summed E-state index contributed by atoms with van der Waals surface area (Å²) in [5.41, 5.74) is 0.0391. The molecule has 2 heterocycles. The average molecular weight is 443 g/mol. The molecule has 11 heteroatoms. The highest BCUT2D eigenvalue weighted by Crippen LogP contribution is 2.30. The fraction of sp³-hybridized carbons (Fsp3) is 0.143. The molecule has 1 unspecified atom stereocenters. The van der Waals surface area contributed by atoms with Gasteiger partial charge in [-0.25, -0.2) is 0 Å². The Hall–Kier alpha value is -4.15. The molecule has 2 amide bonds. The third-order valence-electron chi connectivity index (χ3n) is 4.69. The predicted molar refractivity (Wildman–Crippen MR) is 108 cm³/mol. The van der Waals surface area contributed by atoms with Gasteiger partial charge in [0.15, 0.2) is 11.5 Å². The van der Waals surface area contributed by atoms with Gasteiger partial charge in [0.1, 0.15) is 0 Å². The van der Waals surface area contributed by atoms with Gasteiger partial charge in [-0.1, -0.05) is 17.3 Å². The molecular weight excluding hydrogens is 427 g/mol. The van der Waals surface area contributed by atoms with Crippen LogP contribution < -0.4 is 10.6 Å². The Kier molecular flexibility index (Phi) is 5.39. The number of rotatable bonds is 5. The molecule has 0 fully saturated rings. The number of carbonyl (C=O) groups excluding carboxylic acids is 2. The quantitative estimate of drug-likeness (QED) is 0.425. The van der Waals surface area contributed by atoms with E-state index in [1.54, 1.807) is 31.3 Å². The Morgan fingerprint density at radius 2 is 1.91 bits per heavy atom. The van der Waals surface area contributed by atoms with Crippen molar-refractivity contribution < 1.29 is 27.3 Å². The van der Waals surface area contributed by atoms with Crippen molar-refractivity contribution >= 4 is 28.4 Å². The summed E-state index contributed by atoms with van der Waals surface area (Å²) in [5, 5.41) is 16.3. The van der Waals surface area contributed by atoms with E-state index in [4.69, 9.17) is 4.52 Å². The molecule has 0 radical (unpaired) electrons. The van der Waals surface area contributed by atoms with Crippen LogP contribution in [0.5, 0.6) is 0 Å². The third kappa shape index (κ3) is 4.46. The van der Waals surface area contributed by atoms with E-state index in [-0.39, 0.29) is 23.0 Å².